The van der Waals surface area contributed by atoms with Gasteiger partial charge in [0.25, 0.3) is 5.91 Å². The molecule has 0 fully saturated rings. The number of nitrogens with zero attached hydrogens (tertiary/aromatic N) is 1. The average molecular weight is 416 g/mol. The summed E-state index contributed by atoms with van der Waals surface area (Å²) in [6.07, 6.45) is 1.46. The second kappa shape index (κ2) is 8.59. The highest BCUT2D eigenvalue weighted by atomic mass is 32.2. The molecule has 0 saturated heterocycles. The van der Waals surface area contributed by atoms with Crippen LogP contribution in [0.1, 0.15) is 27.2 Å². The molecule has 29 heavy (non-hydrogen) atoms. The van der Waals surface area contributed by atoms with E-state index in [1.807, 2.05) is 0 Å². The number of nitrogens with one attached hydrogen (secondary N) is 1. The zero-order chi connectivity index (χ0) is 21.0. The van der Waals surface area contributed by atoms with E-state index in [1.165, 1.54) is 29.7 Å². The van der Waals surface area contributed by atoms with Gasteiger partial charge in [0.05, 0.1) is 17.7 Å². The molecular weight excluding hydrogens is 395 g/mol. The topological polar surface area (TPSA) is 79.6 Å². The number of furan rings is 1. The third-order valence-electron chi connectivity index (χ3n) is 4.50. The number of carbonyl (C=O) groups excluding carboxylic acids is 1. The lowest BCUT2D eigenvalue weighted by molar-refractivity contribution is 0.0963. The van der Waals surface area contributed by atoms with Crippen molar-refractivity contribution in [2.75, 3.05) is 7.05 Å². The van der Waals surface area contributed by atoms with Crippen molar-refractivity contribution in [1.82, 2.24) is 9.62 Å². The molecule has 0 aliphatic heterocycles. The van der Waals surface area contributed by atoms with Gasteiger partial charge in [-0.3, -0.25) is 4.79 Å². The summed E-state index contributed by atoms with van der Waals surface area (Å²) >= 11 is 0. The molecule has 1 N–H and O–H groups in total. The average Bonchev–Trinajstić information content (AvgIpc) is 3.22. The van der Waals surface area contributed by atoms with Crippen molar-refractivity contribution in [1.29, 1.82) is 0 Å². The predicted octanol–water partition coefficient (Wildman–Crippen LogP) is 3.48. The Morgan fingerprint density at radius 1 is 1.10 bits per heavy atom. The Kier molecular flexibility index (Phi) is 6.14. The van der Waals surface area contributed by atoms with Crippen LogP contribution in [0.3, 0.4) is 0 Å². The van der Waals surface area contributed by atoms with Crippen LogP contribution in [0.4, 0.5) is 4.39 Å². The Labute approximate surface area is 169 Å². The minimum absolute atomic E-state index is 0.0119. The molecule has 0 aliphatic carbocycles. The molecule has 0 aliphatic rings. The number of benzene rings is 2. The van der Waals surface area contributed by atoms with Gasteiger partial charge in [-0.2, -0.15) is 4.31 Å². The summed E-state index contributed by atoms with van der Waals surface area (Å²) in [6.45, 7) is 1.59. The van der Waals surface area contributed by atoms with Gasteiger partial charge in [0.1, 0.15) is 11.6 Å². The molecule has 6 nitrogen and oxygen atoms in total. The fourth-order valence-corrected chi connectivity index (χ4v) is 4.20. The number of amides is 1. The largest absolute Gasteiger partial charge is 0.468 e. The molecule has 1 amide bonds. The summed E-state index contributed by atoms with van der Waals surface area (Å²) in [5, 5.41) is 2.53. The van der Waals surface area contributed by atoms with Gasteiger partial charge < -0.3 is 9.73 Å². The van der Waals surface area contributed by atoms with Crippen LogP contribution in [-0.2, 0) is 23.1 Å². The van der Waals surface area contributed by atoms with E-state index >= 15 is 0 Å². The summed E-state index contributed by atoms with van der Waals surface area (Å²) in [7, 11) is -2.46. The van der Waals surface area contributed by atoms with Crippen LogP contribution < -0.4 is 5.32 Å². The van der Waals surface area contributed by atoms with E-state index in [0.717, 1.165) is 6.07 Å². The van der Waals surface area contributed by atoms with E-state index in [0.29, 0.717) is 22.5 Å². The smallest absolute Gasteiger partial charge is 0.251 e. The van der Waals surface area contributed by atoms with Gasteiger partial charge in [-0.15, -0.1) is 0 Å². The molecule has 152 valence electrons. The minimum atomic E-state index is -3.99. The van der Waals surface area contributed by atoms with Gasteiger partial charge >= 0.3 is 0 Å². The van der Waals surface area contributed by atoms with E-state index in [1.54, 1.807) is 43.3 Å². The van der Waals surface area contributed by atoms with Gasteiger partial charge in [0.2, 0.25) is 10.0 Å². The molecule has 1 heterocycles. The van der Waals surface area contributed by atoms with Crippen molar-refractivity contribution in [3.8, 4) is 0 Å². The van der Waals surface area contributed by atoms with Crippen LogP contribution in [0.2, 0.25) is 0 Å². The molecule has 0 unspecified atom stereocenters. The number of hydrogen-bond donors (Lipinski definition) is 1. The molecule has 3 rings (SSSR count). The number of aryl methyl sites for hydroxylation is 1. The SMILES string of the molecule is CNC(=O)c1ccc(CN(Cc2ccco2)S(=O)(=O)c2ccc(C)c(F)c2)cc1. The number of halogens is 1. The first-order valence-electron chi connectivity index (χ1n) is 8.91. The Morgan fingerprint density at radius 2 is 1.83 bits per heavy atom. The maximum atomic E-state index is 14.0. The molecule has 3 aromatic rings. The molecule has 0 spiro atoms. The highest BCUT2D eigenvalue weighted by Crippen LogP contribution is 2.23. The van der Waals surface area contributed by atoms with E-state index in [4.69, 9.17) is 4.42 Å². The van der Waals surface area contributed by atoms with E-state index in [2.05, 4.69) is 5.32 Å². The Balaban J connectivity index is 1.93. The molecule has 8 heteroatoms. The van der Waals surface area contributed by atoms with Crippen molar-refractivity contribution in [2.24, 2.45) is 0 Å². The second-order valence-electron chi connectivity index (χ2n) is 6.54. The number of sulfonamides is 1. The molecule has 2 aromatic carbocycles. The van der Waals surface area contributed by atoms with E-state index in [-0.39, 0.29) is 23.9 Å². The van der Waals surface area contributed by atoms with Crippen molar-refractivity contribution >= 4 is 15.9 Å². The third kappa shape index (κ3) is 4.72. The fraction of sp³-hybridized carbons (Fsp3) is 0.190. The van der Waals surface area contributed by atoms with Crippen LogP contribution in [0, 0.1) is 12.7 Å². The zero-order valence-corrected chi connectivity index (χ0v) is 16.9. The first kappa shape index (κ1) is 20.8. The monoisotopic (exact) mass is 416 g/mol. The van der Waals surface area contributed by atoms with Gasteiger partial charge in [-0.1, -0.05) is 18.2 Å². The van der Waals surface area contributed by atoms with Crippen molar-refractivity contribution in [3.63, 3.8) is 0 Å². The quantitative estimate of drug-likeness (QED) is 0.640. The molecule has 0 radical (unpaired) electrons. The summed E-state index contributed by atoms with van der Waals surface area (Å²) in [5.41, 5.74) is 1.52. The van der Waals surface area contributed by atoms with Gasteiger partial charge in [0, 0.05) is 19.2 Å². The van der Waals surface area contributed by atoms with Crippen LogP contribution in [0.25, 0.3) is 0 Å². The van der Waals surface area contributed by atoms with Crippen LogP contribution in [0.15, 0.2) is 70.2 Å². The minimum Gasteiger partial charge on any atom is -0.468 e. The first-order chi connectivity index (χ1) is 13.8. The Morgan fingerprint density at radius 3 is 2.41 bits per heavy atom. The molecular formula is C21H21FN2O4S. The van der Waals surface area contributed by atoms with Gasteiger partial charge in [-0.05, 0) is 54.4 Å². The highest BCUT2D eigenvalue weighted by molar-refractivity contribution is 7.89. The molecule has 0 atom stereocenters. The first-order valence-corrected chi connectivity index (χ1v) is 10.3. The van der Waals surface area contributed by atoms with Crippen molar-refractivity contribution in [3.05, 3.63) is 89.1 Å². The van der Waals surface area contributed by atoms with Gasteiger partial charge in [-0.25, -0.2) is 12.8 Å². The maximum Gasteiger partial charge on any atom is 0.251 e. The highest BCUT2D eigenvalue weighted by Gasteiger charge is 2.26. The molecule has 1 aromatic heterocycles. The maximum absolute atomic E-state index is 14.0. The number of carbonyl (C=O) groups is 1. The lowest BCUT2D eigenvalue weighted by Crippen LogP contribution is -2.30. The van der Waals surface area contributed by atoms with E-state index in [9.17, 15) is 17.6 Å². The Hall–Kier alpha value is -2.97. The lowest BCUT2D eigenvalue weighted by atomic mass is 10.1. The second-order valence-corrected chi connectivity index (χ2v) is 8.48. The van der Waals surface area contributed by atoms with Crippen LogP contribution >= 0.6 is 0 Å². The normalized spacial score (nSPS) is 11.6. The zero-order valence-electron chi connectivity index (χ0n) is 16.1. The number of rotatable bonds is 7. The van der Waals surface area contributed by atoms with Crippen molar-refractivity contribution < 1.29 is 22.0 Å². The number of hydrogen-bond acceptors (Lipinski definition) is 4. The fourth-order valence-electron chi connectivity index (χ4n) is 2.79. The predicted molar refractivity (Wildman–Crippen MR) is 106 cm³/mol. The summed E-state index contributed by atoms with van der Waals surface area (Å²) in [6, 6.07) is 13.8. The lowest BCUT2D eigenvalue weighted by Gasteiger charge is -2.22. The third-order valence-corrected chi connectivity index (χ3v) is 6.28. The van der Waals surface area contributed by atoms with Gasteiger partial charge in [0.15, 0.2) is 0 Å². The Bertz CT molecular complexity index is 1090. The van der Waals surface area contributed by atoms with E-state index < -0.39 is 15.8 Å². The molecule has 0 bridgehead atoms. The van der Waals surface area contributed by atoms with Crippen LogP contribution in [-0.4, -0.2) is 25.7 Å². The van der Waals surface area contributed by atoms with Crippen LogP contribution in [0.5, 0.6) is 0 Å². The van der Waals surface area contributed by atoms with Crippen molar-refractivity contribution in [2.45, 2.75) is 24.9 Å². The summed E-state index contributed by atoms with van der Waals surface area (Å²) in [4.78, 5) is 11.6. The molecule has 0 saturated carbocycles. The standard InChI is InChI=1S/C21H21FN2O4S/c1-15-5-10-19(12-20(15)22)29(26,27)24(14-18-4-3-11-28-18)13-16-6-8-17(9-7-16)21(25)23-2/h3-12H,13-14H2,1-2H3,(H,23,25). The summed E-state index contributed by atoms with van der Waals surface area (Å²) in [5.74, 6) is -0.353. The summed E-state index contributed by atoms with van der Waals surface area (Å²) < 4.78 is 46.9.